The Morgan fingerprint density at radius 2 is 2.00 bits per heavy atom. The number of hydrogen-bond acceptors (Lipinski definition) is 5. The molecule has 6 heteroatoms. The first kappa shape index (κ1) is 18.0. The van der Waals surface area contributed by atoms with Crippen molar-refractivity contribution in [3.63, 3.8) is 0 Å². The van der Waals surface area contributed by atoms with E-state index in [0.29, 0.717) is 27.6 Å². The fraction of sp³-hybridized carbons (Fsp3) is 0.200. The van der Waals surface area contributed by atoms with E-state index in [1.807, 2.05) is 26.0 Å². The first-order valence-electron chi connectivity index (χ1n) is 7.98. The highest BCUT2D eigenvalue weighted by Crippen LogP contribution is 2.40. The van der Waals surface area contributed by atoms with Crippen molar-refractivity contribution in [1.29, 1.82) is 0 Å². The SMILES string of the molecule is Cc1ccc(C)c(C(=O)COC(=O)/C=C/c2cc(Cl)c3c(c2)OCO3)c1. The van der Waals surface area contributed by atoms with Crippen LogP contribution in [0.2, 0.25) is 5.02 Å². The van der Waals surface area contributed by atoms with Crippen LogP contribution in [0.1, 0.15) is 27.0 Å². The molecule has 2 aromatic rings. The van der Waals surface area contributed by atoms with Crippen LogP contribution in [0.15, 0.2) is 36.4 Å². The van der Waals surface area contributed by atoms with Gasteiger partial charge in [-0.1, -0.05) is 29.3 Å². The molecule has 26 heavy (non-hydrogen) atoms. The van der Waals surface area contributed by atoms with Crippen LogP contribution in [-0.4, -0.2) is 25.2 Å². The topological polar surface area (TPSA) is 61.8 Å². The normalized spacial score (nSPS) is 12.4. The largest absolute Gasteiger partial charge is 0.454 e. The zero-order valence-corrected chi connectivity index (χ0v) is 15.1. The highest BCUT2D eigenvalue weighted by atomic mass is 35.5. The zero-order chi connectivity index (χ0) is 18.7. The van der Waals surface area contributed by atoms with E-state index in [9.17, 15) is 9.59 Å². The molecule has 134 valence electrons. The van der Waals surface area contributed by atoms with Gasteiger partial charge in [0.2, 0.25) is 12.6 Å². The number of fused-ring (bicyclic) bond motifs is 1. The molecular weight excluding hydrogens is 356 g/mol. The lowest BCUT2D eigenvalue weighted by molar-refractivity contribution is -0.136. The molecule has 0 bridgehead atoms. The summed E-state index contributed by atoms with van der Waals surface area (Å²) >= 11 is 6.09. The summed E-state index contributed by atoms with van der Waals surface area (Å²) in [5, 5.41) is 0.401. The Bertz CT molecular complexity index is 901. The summed E-state index contributed by atoms with van der Waals surface area (Å²) in [6.07, 6.45) is 2.78. The second-order valence-electron chi connectivity index (χ2n) is 5.92. The predicted octanol–water partition coefficient (Wildman–Crippen LogP) is 4.12. The second kappa shape index (κ2) is 7.62. The Balaban J connectivity index is 1.61. The number of halogens is 1. The molecule has 0 aliphatic carbocycles. The summed E-state index contributed by atoms with van der Waals surface area (Å²) in [5.41, 5.74) is 3.05. The van der Waals surface area contributed by atoms with Crippen molar-refractivity contribution in [3.05, 3.63) is 63.7 Å². The van der Waals surface area contributed by atoms with Gasteiger partial charge >= 0.3 is 5.97 Å². The molecule has 0 N–H and O–H groups in total. The molecule has 0 saturated carbocycles. The molecule has 2 aromatic carbocycles. The molecule has 0 fully saturated rings. The summed E-state index contributed by atoms with van der Waals surface area (Å²) in [7, 11) is 0. The summed E-state index contributed by atoms with van der Waals surface area (Å²) in [6.45, 7) is 3.55. The minimum absolute atomic E-state index is 0.116. The summed E-state index contributed by atoms with van der Waals surface area (Å²) in [4.78, 5) is 24.1. The third kappa shape index (κ3) is 4.06. The molecule has 3 rings (SSSR count). The van der Waals surface area contributed by atoms with Crippen molar-refractivity contribution in [2.24, 2.45) is 0 Å². The highest BCUT2D eigenvalue weighted by Gasteiger charge is 2.17. The van der Waals surface area contributed by atoms with Gasteiger partial charge in [-0.2, -0.15) is 0 Å². The van der Waals surface area contributed by atoms with Crippen LogP contribution in [0, 0.1) is 13.8 Å². The summed E-state index contributed by atoms with van der Waals surface area (Å²) < 4.78 is 15.5. The molecule has 0 atom stereocenters. The Morgan fingerprint density at radius 3 is 2.81 bits per heavy atom. The molecule has 0 unspecified atom stereocenters. The predicted molar refractivity (Wildman–Crippen MR) is 97.8 cm³/mol. The molecule has 0 radical (unpaired) electrons. The van der Waals surface area contributed by atoms with Crippen molar-refractivity contribution >= 4 is 29.4 Å². The number of esters is 1. The maximum atomic E-state index is 12.2. The molecule has 0 spiro atoms. The number of carbonyl (C=O) groups excluding carboxylic acids is 2. The van der Waals surface area contributed by atoms with Crippen LogP contribution >= 0.6 is 11.6 Å². The fourth-order valence-electron chi connectivity index (χ4n) is 2.55. The van der Waals surface area contributed by atoms with Gasteiger partial charge in [-0.25, -0.2) is 4.79 Å². The van der Waals surface area contributed by atoms with Crippen LogP contribution < -0.4 is 9.47 Å². The third-order valence-corrected chi connectivity index (χ3v) is 4.18. The number of benzene rings is 2. The van der Waals surface area contributed by atoms with E-state index in [4.69, 9.17) is 25.8 Å². The monoisotopic (exact) mass is 372 g/mol. The lowest BCUT2D eigenvalue weighted by Gasteiger charge is -2.06. The van der Waals surface area contributed by atoms with Gasteiger partial charge in [-0.3, -0.25) is 4.79 Å². The van der Waals surface area contributed by atoms with E-state index in [-0.39, 0.29) is 19.2 Å². The summed E-state index contributed by atoms with van der Waals surface area (Å²) in [6, 6.07) is 8.94. The average Bonchev–Trinajstić information content (AvgIpc) is 3.09. The standard InChI is InChI=1S/C20H17ClO5/c1-12-3-4-13(2)15(7-12)17(22)10-24-19(23)6-5-14-8-16(21)20-18(9-14)25-11-26-20/h3-9H,10-11H2,1-2H3/b6-5+. The van der Waals surface area contributed by atoms with E-state index in [1.54, 1.807) is 24.3 Å². The number of ketones is 1. The maximum absolute atomic E-state index is 12.2. The third-order valence-electron chi connectivity index (χ3n) is 3.90. The van der Waals surface area contributed by atoms with Gasteiger partial charge in [0, 0.05) is 11.6 Å². The number of rotatable bonds is 5. The van der Waals surface area contributed by atoms with Crippen molar-refractivity contribution in [2.45, 2.75) is 13.8 Å². The zero-order valence-electron chi connectivity index (χ0n) is 14.4. The molecule has 1 aliphatic rings. The first-order valence-corrected chi connectivity index (χ1v) is 8.36. The van der Waals surface area contributed by atoms with E-state index in [0.717, 1.165) is 11.1 Å². The molecule has 5 nitrogen and oxygen atoms in total. The number of aryl methyl sites for hydroxylation is 2. The van der Waals surface area contributed by atoms with Gasteiger partial charge < -0.3 is 14.2 Å². The van der Waals surface area contributed by atoms with E-state index in [2.05, 4.69) is 0 Å². The fourth-order valence-corrected chi connectivity index (χ4v) is 2.82. The minimum Gasteiger partial charge on any atom is -0.454 e. The number of ether oxygens (including phenoxy) is 3. The van der Waals surface area contributed by atoms with Crippen LogP contribution in [0.5, 0.6) is 11.5 Å². The van der Waals surface area contributed by atoms with Gasteiger partial charge in [0.1, 0.15) is 0 Å². The van der Waals surface area contributed by atoms with Gasteiger partial charge in [0.05, 0.1) is 5.02 Å². The van der Waals surface area contributed by atoms with Crippen LogP contribution in [0.3, 0.4) is 0 Å². The van der Waals surface area contributed by atoms with Crippen molar-refractivity contribution in [2.75, 3.05) is 13.4 Å². The Kier molecular flexibility index (Phi) is 5.28. The van der Waals surface area contributed by atoms with Gasteiger partial charge in [0.15, 0.2) is 18.1 Å². The van der Waals surface area contributed by atoms with Gasteiger partial charge in [-0.15, -0.1) is 0 Å². The van der Waals surface area contributed by atoms with E-state index < -0.39 is 5.97 Å². The van der Waals surface area contributed by atoms with Gasteiger partial charge in [-0.05, 0) is 49.2 Å². The van der Waals surface area contributed by atoms with Crippen LogP contribution in [0.4, 0.5) is 0 Å². The number of hydrogen-bond donors (Lipinski definition) is 0. The smallest absolute Gasteiger partial charge is 0.331 e. The Hall–Kier alpha value is -2.79. The highest BCUT2D eigenvalue weighted by molar-refractivity contribution is 6.32. The van der Waals surface area contributed by atoms with E-state index >= 15 is 0 Å². The second-order valence-corrected chi connectivity index (χ2v) is 6.33. The van der Waals surface area contributed by atoms with E-state index in [1.165, 1.54) is 6.08 Å². The lowest BCUT2D eigenvalue weighted by atomic mass is 10.0. The quantitative estimate of drug-likeness (QED) is 0.448. The maximum Gasteiger partial charge on any atom is 0.331 e. The van der Waals surface area contributed by atoms with Crippen molar-refractivity contribution in [3.8, 4) is 11.5 Å². The molecule has 0 amide bonds. The minimum atomic E-state index is -0.613. The average molecular weight is 373 g/mol. The molecule has 1 aliphatic heterocycles. The van der Waals surface area contributed by atoms with Crippen molar-refractivity contribution < 1.29 is 23.8 Å². The Labute approximate surface area is 156 Å². The van der Waals surface area contributed by atoms with Crippen molar-refractivity contribution in [1.82, 2.24) is 0 Å². The molecule has 1 heterocycles. The Morgan fingerprint density at radius 1 is 1.19 bits per heavy atom. The lowest BCUT2D eigenvalue weighted by Crippen LogP contribution is -2.13. The first-order chi connectivity index (χ1) is 12.4. The molecule has 0 saturated heterocycles. The van der Waals surface area contributed by atoms with Crippen LogP contribution in [0.25, 0.3) is 6.08 Å². The number of carbonyl (C=O) groups is 2. The molecular formula is C20H17ClO5. The van der Waals surface area contributed by atoms with Gasteiger partial charge in [0.25, 0.3) is 0 Å². The molecule has 0 aromatic heterocycles. The number of Topliss-reactive ketones (excluding diaryl/α,β-unsaturated/α-hetero) is 1. The van der Waals surface area contributed by atoms with Crippen LogP contribution in [-0.2, 0) is 9.53 Å². The summed E-state index contributed by atoms with van der Waals surface area (Å²) in [5.74, 6) is 0.164.